The number of carbonyl (C=O) groups excluding carboxylic acids is 1. The van der Waals surface area contributed by atoms with Gasteiger partial charge in [-0.05, 0) is 12.3 Å². The number of alkyl halides is 3. The fraction of sp³-hybridized carbons (Fsp3) is 0.875. The van der Waals surface area contributed by atoms with Gasteiger partial charge in [0.25, 0.3) is 0 Å². The third-order valence-corrected chi connectivity index (χ3v) is 2.34. The van der Waals surface area contributed by atoms with Crippen molar-refractivity contribution in [3.8, 4) is 0 Å². The van der Waals surface area contributed by atoms with Crippen LogP contribution in [0.25, 0.3) is 0 Å². The van der Waals surface area contributed by atoms with Crippen molar-refractivity contribution in [2.75, 3.05) is 6.54 Å². The van der Waals surface area contributed by atoms with E-state index in [1.165, 1.54) is 0 Å². The zero-order chi connectivity index (χ0) is 10.2. The molecule has 0 aliphatic carbocycles. The largest absolute Gasteiger partial charge is 0.471 e. The molecule has 0 radical (unpaired) electrons. The number of halogens is 3. The Morgan fingerprint density at radius 2 is 2.00 bits per heavy atom. The normalized spacial score (nSPS) is 23.2. The van der Waals surface area contributed by atoms with Gasteiger partial charge in [0, 0.05) is 12.6 Å². The van der Waals surface area contributed by atoms with E-state index < -0.39 is 12.1 Å². The van der Waals surface area contributed by atoms with Crippen molar-refractivity contribution in [1.29, 1.82) is 0 Å². The zero-order valence-electron chi connectivity index (χ0n) is 7.56. The van der Waals surface area contributed by atoms with Gasteiger partial charge in [-0.15, -0.1) is 0 Å². The van der Waals surface area contributed by atoms with Crippen molar-refractivity contribution in [3.05, 3.63) is 0 Å². The highest BCUT2D eigenvalue weighted by atomic mass is 19.4. The minimum Gasteiger partial charge on any atom is -0.332 e. The van der Waals surface area contributed by atoms with E-state index in [2.05, 4.69) is 0 Å². The molecule has 1 aliphatic heterocycles. The molecule has 0 aromatic rings. The van der Waals surface area contributed by atoms with Crippen LogP contribution in [0.2, 0.25) is 0 Å². The standard InChI is InChI=1S/C8H12F3NO/c1-5(2)6-3-4-12(6)7(13)8(9,10)11/h5-6H,3-4H2,1-2H3. The summed E-state index contributed by atoms with van der Waals surface area (Å²) in [6, 6.07) is -0.228. The van der Waals surface area contributed by atoms with Gasteiger partial charge in [0.1, 0.15) is 0 Å². The summed E-state index contributed by atoms with van der Waals surface area (Å²) in [4.78, 5) is 11.7. The Morgan fingerprint density at radius 3 is 2.23 bits per heavy atom. The Morgan fingerprint density at radius 1 is 1.46 bits per heavy atom. The molecule has 0 aromatic carbocycles. The molecule has 1 fully saturated rings. The molecule has 0 bridgehead atoms. The number of likely N-dealkylation sites (tertiary alicyclic amines) is 1. The van der Waals surface area contributed by atoms with Crippen molar-refractivity contribution >= 4 is 5.91 Å². The van der Waals surface area contributed by atoms with Gasteiger partial charge < -0.3 is 4.90 Å². The van der Waals surface area contributed by atoms with E-state index in [0.717, 1.165) is 4.90 Å². The van der Waals surface area contributed by atoms with Crippen LogP contribution in [0.5, 0.6) is 0 Å². The van der Waals surface area contributed by atoms with Crippen molar-refractivity contribution < 1.29 is 18.0 Å². The first kappa shape index (κ1) is 10.3. The highest BCUT2D eigenvalue weighted by molar-refractivity contribution is 5.82. The predicted molar refractivity (Wildman–Crippen MR) is 41.0 cm³/mol. The first-order valence-electron chi connectivity index (χ1n) is 4.22. The van der Waals surface area contributed by atoms with Gasteiger partial charge in [-0.25, -0.2) is 0 Å². The molecule has 0 aromatic heterocycles. The van der Waals surface area contributed by atoms with E-state index in [4.69, 9.17) is 0 Å². The Hall–Kier alpha value is -0.740. The van der Waals surface area contributed by atoms with Crippen molar-refractivity contribution in [1.82, 2.24) is 4.90 Å². The molecule has 1 aliphatic rings. The maximum Gasteiger partial charge on any atom is 0.471 e. The van der Waals surface area contributed by atoms with Gasteiger partial charge in [-0.1, -0.05) is 13.8 Å². The van der Waals surface area contributed by atoms with Gasteiger partial charge in [0.15, 0.2) is 0 Å². The lowest BCUT2D eigenvalue weighted by Crippen LogP contribution is -2.57. The summed E-state index contributed by atoms with van der Waals surface area (Å²) in [7, 11) is 0. The molecule has 1 rings (SSSR count). The van der Waals surface area contributed by atoms with Crippen LogP contribution < -0.4 is 0 Å². The van der Waals surface area contributed by atoms with Gasteiger partial charge in [-0.3, -0.25) is 4.79 Å². The first-order valence-corrected chi connectivity index (χ1v) is 4.22. The molecular weight excluding hydrogens is 183 g/mol. The fourth-order valence-electron chi connectivity index (χ4n) is 1.52. The molecule has 13 heavy (non-hydrogen) atoms. The lowest BCUT2D eigenvalue weighted by Gasteiger charge is -2.43. The van der Waals surface area contributed by atoms with Gasteiger partial charge >= 0.3 is 12.1 Å². The first-order chi connectivity index (χ1) is 5.84. The van der Waals surface area contributed by atoms with E-state index in [1.807, 2.05) is 13.8 Å². The smallest absolute Gasteiger partial charge is 0.332 e. The Balaban J connectivity index is 2.60. The van der Waals surface area contributed by atoms with Crippen LogP contribution in [0.1, 0.15) is 20.3 Å². The van der Waals surface area contributed by atoms with E-state index in [0.29, 0.717) is 6.42 Å². The average Bonchev–Trinajstić information content (AvgIpc) is 1.80. The Bertz CT molecular complexity index is 212. The fourth-order valence-corrected chi connectivity index (χ4v) is 1.52. The third-order valence-electron chi connectivity index (χ3n) is 2.34. The van der Waals surface area contributed by atoms with Crippen LogP contribution in [0.4, 0.5) is 13.2 Å². The number of nitrogens with zero attached hydrogens (tertiary/aromatic N) is 1. The third kappa shape index (κ3) is 1.95. The Labute approximate surface area is 74.7 Å². The second-order valence-corrected chi connectivity index (χ2v) is 3.60. The molecule has 1 unspecified atom stereocenters. The second kappa shape index (κ2) is 3.20. The molecular formula is C8H12F3NO. The number of hydrogen-bond acceptors (Lipinski definition) is 1. The Kier molecular flexibility index (Phi) is 2.54. The van der Waals surface area contributed by atoms with Crippen LogP contribution in [0.3, 0.4) is 0 Å². The minimum atomic E-state index is -4.71. The van der Waals surface area contributed by atoms with Crippen molar-refractivity contribution in [2.24, 2.45) is 5.92 Å². The van der Waals surface area contributed by atoms with E-state index >= 15 is 0 Å². The summed E-state index contributed by atoms with van der Waals surface area (Å²) in [5.74, 6) is -1.60. The van der Waals surface area contributed by atoms with Crippen LogP contribution in [-0.4, -0.2) is 29.6 Å². The van der Waals surface area contributed by atoms with Crippen LogP contribution >= 0.6 is 0 Å². The zero-order valence-corrected chi connectivity index (χ0v) is 7.56. The van der Waals surface area contributed by atoms with Gasteiger partial charge in [0.05, 0.1) is 0 Å². The second-order valence-electron chi connectivity index (χ2n) is 3.60. The summed E-state index contributed by atoms with van der Waals surface area (Å²) in [6.07, 6.45) is -4.03. The molecule has 0 N–H and O–H groups in total. The highest BCUT2D eigenvalue weighted by Gasteiger charge is 2.48. The van der Waals surface area contributed by atoms with Crippen LogP contribution in [-0.2, 0) is 4.79 Å². The summed E-state index contributed by atoms with van der Waals surface area (Å²) in [6.45, 7) is 3.88. The maximum atomic E-state index is 12.0. The molecule has 0 saturated carbocycles. The molecule has 1 amide bonds. The topological polar surface area (TPSA) is 20.3 Å². The van der Waals surface area contributed by atoms with Crippen molar-refractivity contribution in [2.45, 2.75) is 32.5 Å². The predicted octanol–water partition coefficient (Wildman–Crippen LogP) is 1.81. The monoisotopic (exact) mass is 195 g/mol. The maximum absolute atomic E-state index is 12.0. The molecule has 2 nitrogen and oxygen atoms in total. The van der Waals surface area contributed by atoms with Crippen LogP contribution in [0, 0.1) is 5.92 Å². The molecule has 1 atom stereocenters. The molecule has 1 heterocycles. The minimum absolute atomic E-state index is 0.0973. The lowest BCUT2D eigenvalue weighted by atomic mass is 9.92. The summed E-state index contributed by atoms with van der Waals surface area (Å²) in [5.41, 5.74) is 0. The number of hydrogen-bond donors (Lipinski definition) is 0. The van der Waals surface area contributed by atoms with E-state index in [-0.39, 0.29) is 18.5 Å². The molecule has 76 valence electrons. The highest BCUT2D eigenvalue weighted by Crippen LogP contribution is 2.29. The van der Waals surface area contributed by atoms with Crippen molar-refractivity contribution in [3.63, 3.8) is 0 Å². The summed E-state index contributed by atoms with van der Waals surface area (Å²) in [5, 5.41) is 0. The quantitative estimate of drug-likeness (QED) is 0.624. The number of rotatable bonds is 1. The SMILES string of the molecule is CC(C)C1CCN1C(=O)C(F)(F)F. The van der Waals surface area contributed by atoms with Gasteiger partial charge in [-0.2, -0.15) is 13.2 Å². The van der Waals surface area contributed by atoms with Crippen LogP contribution in [0.15, 0.2) is 0 Å². The average molecular weight is 195 g/mol. The molecule has 5 heteroatoms. The number of amides is 1. The van der Waals surface area contributed by atoms with E-state index in [9.17, 15) is 18.0 Å². The van der Waals surface area contributed by atoms with Gasteiger partial charge in [0.2, 0.25) is 0 Å². The molecule has 0 spiro atoms. The lowest BCUT2D eigenvalue weighted by molar-refractivity contribution is -0.194. The van der Waals surface area contributed by atoms with E-state index in [1.54, 1.807) is 0 Å². The summed E-state index contributed by atoms with van der Waals surface area (Å²) >= 11 is 0. The molecule has 1 saturated heterocycles. The number of carbonyl (C=O) groups is 1. The summed E-state index contributed by atoms with van der Waals surface area (Å²) < 4.78 is 35.9.